The van der Waals surface area contributed by atoms with Crippen LogP contribution >= 0.6 is 0 Å². The zero-order chi connectivity index (χ0) is 24.6. The van der Waals surface area contributed by atoms with Crippen molar-refractivity contribution in [3.8, 4) is 0 Å². The Morgan fingerprint density at radius 2 is 1.94 bits per heavy atom. The van der Waals surface area contributed by atoms with Gasteiger partial charge in [-0.15, -0.1) is 0 Å². The molecule has 0 radical (unpaired) electrons. The van der Waals surface area contributed by atoms with Gasteiger partial charge in [0.2, 0.25) is 5.79 Å². The molecule has 3 heterocycles. The van der Waals surface area contributed by atoms with Crippen LogP contribution in [0.25, 0.3) is 0 Å². The molecule has 3 aliphatic heterocycles. The lowest BCUT2D eigenvalue weighted by Crippen LogP contribution is -2.39. The highest BCUT2D eigenvalue weighted by atomic mass is 16.7. The van der Waals surface area contributed by atoms with E-state index in [9.17, 15) is 19.5 Å². The normalized spacial score (nSPS) is 36.8. The molecule has 180 valence electrons. The average Bonchev–Trinajstić information content (AvgIpc) is 3.20. The molecule has 0 aliphatic carbocycles. The number of allylic oxidation sites excluding steroid dienone is 3. The fourth-order valence-electron chi connectivity index (χ4n) is 4.38. The minimum atomic E-state index is -1.54. The first kappa shape index (κ1) is 24.7. The number of carbonyl (C=O) groups is 3. The van der Waals surface area contributed by atoms with Gasteiger partial charge in [0.1, 0.15) is 17.4 Å². The quantitative estimate of drug-likeness (QED) is 0.381. The lowest BCUT2D eigenvalue weighted by atomic mass is 9.86. The molecule has 3 rings (SSSR count). The van der Waals surface area contributed by atoms with Crippen molar-refractivity contribution in [2.24, 2.45) is 5.92 Å². The molecule has 0 aromatic rings. The van der Waals surface area contributed by atoms with Crippen LogP contribution in [0.1, 0.15) is 40.0 Å². The number of esters is 3. The maximum atomic E-state index is 12.6. The first-order valence-corrected chi connectivity index (χ1v) is 10.6. The Balaban J connectivity index is 2.15. The molecule has 0 unspecified atom stereocenters. The molecule has 5 atom stereocenters. The summed E-state index contributed by atoms with van der Waals surface area (Å²) in [5, 5.41) is 11.1. The third kappa shape index (κ3) is 5.04. The molecular weight excluding hydrogens is 432 g/mol. The second kappa shape index (κ2) is 9.15. The number of hydrogen-bond acceptors (Lipinski definition) is 9. The van der Waals surface area contributed by atoms with Gasteiger partial charge in [-0.2, -0.15) is 0 Å². The molecule has 0 spiro atoms. The highest BCUT2D eigenvalue weighted by Gasteiger charge is 2.50. The molecule has 33 heavy (non-hydrogen) atoms. The van der Waals surface area contributed by atoms with Gasteiger partial charge in [-0.3, -0.25) is 4.79 Å². The van der Waals surface area contributed by atoms with Crippen molar-refractivity contribution in [2.75, 3.05) is 14.2 Å². The number of ether oxygens (including phenoxy) is 5. The van der Waals surface area contributed by atoms with Crippen LogP contribution < -0.4 is 0 Å². The number of aliphatic hydroxyl groups is 1. The summed E-state index contributed by atoms with van der Waals surface area (Å²) in [6.45, 7) is 8.61. The third-order valence-corrected chi connectivity index (χ3v) is 6.05. The van der Waals surface area contributed by atoms with Gasteiger partial charge in [0, 0.05) is 26.9 Å². The van der Waals surface area contributed by atoms with Crippen LogP contribution in [0.5, 0.6) is 0 Å². The molecule has 3 aliphatic rings. The summed E-state index contributed by atoms with van der Waals surface area (Å²) in [5.41, 5.74) is -0.427. The summed E-state index contributed by atoms with van der Waals surface area (Å²) in [6, 6.07) is 0. The van der Waals surface area contributed by atoms with Gasteiger partial charge in [0.25, 0.3) is 0 Å². The average molecular weight is 462 g/mol. The maximum Gasteiger partial charge on any atom is 0.340 e. The molecule has 4 bridgehead atoms. The van der Waals surface area contributed by atoms with Crippen molar-refractivity contribution in [3.63, 3.8) is 0 Å². The van der Waals surface area contributed by atoms with Gasteiger partial charge in [-0.1, -0.05) is 18.2 Å². The van der Waals surface area contributed by atoms with Crippen LogP contribution in [0, 0.1) is 5.92 Å². The topological polar surface area (TPSA) is 118 Å². The summed E-state index contributed by atoms with van der Waals surface area (Å²) < 4.78 is 27.6. The van der Waals surface area contributed by atoms with E-state index in [1.807, 2.05) is 6.92 Å². The summed E-state index contributed by atoms with van der Waals surface area (Å²) in [6.07, 6.45) is 3.09. The lowest BCUT2D eigenvalue weighted by molar-refractivity contribution is -0.178. The minimum absolute atomic E-state index is 0.0772. The smallest absolute Gasteiger partial charge is 0.340 e. The zero-order valence-electron chi connectivity index (χ0n) is 19.5. The fraction of sp³-hybridized carbons (Fsp3) is 0.542. The van der Waals surface area contributed by atoms with Crippen LogP contribution in [0.3, 0.4) is 0 Å². The Hall–Kier alpha value is -2.91. The van der Waals surface area contributed by atoms with E-state index in [2.05, 4.69) is 6.58 Å². The molecule has 9 heteroatoms. The van der Waals surface area contributed by atoms with Gasteiger partial charge in [-0.05, 0) is 38.3 Å². The number of carbonyl (C=O) groups excluding carboxylic acids is 3. The Morgan fingerprint density at radius 3 is 2.52 bits per heavy atom. The van der Waals surface area contributed by atoms with Crippen molar-refractivity contribution in [1.82, 2.24) is 0 Å². The van der Waals surface area contributed by atoms with Crippen molar-refractivity contribution < 1.29 is 43.2 Å². The lowest BCUT2D eigenvalue weighted by Gasteiger charge is -2.33. The number of methoxy groups -OCH3 is 2. The second-order valence-electron chi connectivity index (χ2n) is 8.83. The summed E-state index contributed by atoms with van der Waals surface area (Å²) in [5.74, 6) is -3.36. The zero-order valence-corrected chi connectivity index (χ0v) is 19.5. The van der Waals surface area contributed by atoms with E-state index in [1.54, 1.807) is 6.08 Å². The van der Waals surface area contributed by atoms with Crippen molar-refractivity contribution in [1.29, 1.82) is 0 Å². The van der Waals surface area contributed by atoms with Crippen LogP contribution in [0.4, 0.5) is 0 Å². The van der Waals surface area contributed by atoms with E-state index in [-0.39, 0.29) is 35.7 Å². The maximum absolute atomic E-state index is 12.6. The first-order chi connectivity index (χ1) is 15.4. The Kier molecular flexibility index (Phi) is 6.85. The fourth-order valence-corrected chi connectivity index (χ4v) is 4.38. The van der Waals surface area contributed by atoms with Crippen LogP contribution in [0.2, 0.25) is 0 Å². The Morgan fingerprint density at radius 1 is 1.24 bits per heavy atom. The van der Waals surface area contributed by atoms with E-state index < -0.39 is 41.5 Å². The molecule has 0 aromatic carbocycles. The molecule has 0 amide bonds. The summed E-state index contributed by atoms with van der Waals surface area (Å²) in [7, 11) is 2.68. The van der Waals surface area contributed by atoms with Gasteiger partial charge in [0.15, 0.2) is 6.10 Å². The molecule has 0 saturated carbocycles. The highest BCUT2D eigenvalue weighted by molar-refractivity contribution is 5.93. The van der Waals surface area contributed by atoms with E-state index in [0.29, 0.717) is 6.42 Å². The first-order valence-electron chi connectivity index (χ1n) is 10.6. The molecule has 1 saturated heterocycles. The number of hydrogen-bond donors (Lipinski definition) is 1. The van der Waals surface area contributed by atoms with Gasteiger partial charge >= 0.3 is 17.9 Å². The summed E-state index contributed by atoms with van der Waals surface area (Å²) in [4.78, 5) is 36.9. The third-order valence-electron chi connectivity index (χ3n) is 6.05. The van der Waals surface area contributed by atoms with E-state index >= 15 is 0 Å². The van der Waals surface area contributed by atoms with E-state index in [4.69, 9.17) is 23.7 Å². The Labute approximate surface area is 192 Å². The van der Waals surface area contributed by atoms with Gasteiger partial charge in [0.05, 0.1) is 18.3 Å². The van der Waals surface area contributed by atoms with Crippen LogP contribution in [0.15, 0.2) is 47.3 Å². The van der Waals surface area contributed by atoms with Crippen molar-refractivity contribution in [3.05, 3.63) is 47.3 Å². The highest BCUT2D eigenvalue weighted by Crippen LogP contribution is 2.43. The number of rotatable bonds is 4. The predicted molar refractivity (Wildman–Crippen MR) is 115 cm³/mol. The molecule has 1 fully saturated rings. The second-order valence-corrected chi connectivity index (χ2v) is 8.83. The van der Waals surface area contributed by atoms with Crippen molar-refractivity contribution >= 4 is 17.9 Å². The SMILES string of the molecule is C=C(C)[C@H]1C/C=C2\C(=O)O[C@H](C[C@](C)(O)/C=C3/C=C(C(=O)OC)[C@](OC)(C1)O3)[C@H]2OC(C)=O. The van der Waals surface area contributed by atoms with Crippen LogP contribution in [-0.2, 0) is 38.1 Å². The monoisotopic (exact) mass is 462 g/mol. The van der Waals surface area contributed by atoms with Gasteiger partial charge < -0.3 is 28.8 Å². The minimum Gasteiger partial charge on any atom is -0.465 e. The predicted octanol–water partition coefficient (Wildman–Crippen LogP) is 2.25. The largest absolute Gasteiger partial charge is 0.465 e. The molecular formula is C24H30O9. The van der Waals surface area contributed by atoms with Crippen molar-refractivity contribution in [2.45, 2.75) is 63.6 Å². The molecule has 9 nitrogen and oxygen atoms in total. The number of fused-ring (bicyclic) bond motifs is 4. The standard InChI is InChI=1S/C24H30O9/c1-13(2)15-7-8-17-20(31-14(3)25)19(32-21(17)26)12-23(4,28)11-16-9-18(22(27)29-5)24(10-15,30-6)33-16/h8-9,11,15,19-20,28H,1,7,10,12H2,2-6H3/b16-11-,17-8-/t15-,19+,20-,23+,24-/m0/s1. The summed E-state index contributed by atoms with van der Waals surface area (Å²) >= 11 is 0. The van der Waals surface area contributed by atoms with E-state index in [1.165, 1.54) is 40.2 Å². The van der Waals surface area contributed by atoms with Crippen LogP contribution in [-0.4, -0.2) is 60.8 Å². The van der Waals surface area contributed by atoms with E-state index in [0.717, 1.165) is 5.57 Å². The molecule has 1 N–H and O–H groups in total. The Bertz CT molecular complexity index is 955. The molecule has 0 aromatic heterocycles. The van der Waals surface area contributed by atoms with Gasteiger partial charge in [-0.25, -0.2) is 9.59 Å².